The van der Waals surface area contributed by atoms with E-state index in [1.54, 1.807) is 7.11 Å². The molecule has 1 aliphatic heterocycles. The van der Waals surface area contributed by atoms with Crippen molar-refractivity contribution < 1.29 is 4.74 Å². The van der Waals surface area contributed by atoms with Crippen molar-refractivity contribution in [2.24, 2.45) is 0 Å². The Morgan fingerprint density at radius 3 is 3.06 bits per heavy atom. The van der Waals surface area contributed by atoms with Crippen LogP contribution in [0.5, 0.6) is 5.88 Å². The summed E-state index contributed by atoms with van der Waals surface area (Å²) in [4.78, 5) is 8.64. The van der Waals surface area contributed by atoms with Crippen LogP contribution < -0.4 is 10.1 Å². The third kappa shape index (κ3) is 3.77. The van der Waals surface area contributed by atoms with E-state index >= 15 is 0 Å². The molecule has 0 radical (unpaired) electrons. The standard InChI is InChI=1S/C12H19N3OS/c1-9-7-11(16-2)15-12(14-9)13-8-10-5-3-4-6-17-10/h7,10H,3-6,8H2,1-2H3,(H,13,14,15). The number of aromatic nitrogens is 2. The van der Waals surface area contributed by atoms with Crippen LogP contribution in [0.25, 0.3) is 0 Å². The number of hydrogen-bond acceptors (Lipinski definition) is 5. The number of thioether (sulfide) groups is 1. The van der Waals surface area contributed by atoms with Crippen LogP contribution in [0.1, 0.15) is 25.0 Å². The van der Waals surface area contributed by atoms with Crippen molar-refractivity contribution in [2.45, 2.75) is 31.4 Å². The molecule has 1 aromatic heterocycles. The molecule has 1 unspecified atom stereocenters. The molecule has 0 aromatic carbocycles. The van der Waals surface area contributed by atoms with Crippen molar-refractivity contribution in [1.82, 2.24) is 9.97 Å². The molecule has 1 aliphatic rings. The second-order valence-electron chi connectivity index (χ2n) is 4.24. The Kier molecular flexibility index (Phi) is 4.48. The minimum absolute atomic E-state index is 0.622. The summed E-state index contributed by atoms with van der Waals surface area (Å²) in [6.45, 7) is 2.89. The van der Waals surface area contributed by atoms with Gasteiger partial charge in [0.15, 0.2) is 0 Å². The van der Waals surface area contributed by atoms with Gasteiger partial charge in [-0.1, -0.05) is 6.42 Å². The second kappa shape index (κ2) is 6.10. The molecule has 0 spiro atoms. The van der Waals surface area contributed by atoms with Gasteiger partial charge < -0.3 is 10.1 Å². The maximum Gasteiger partial charge on any atom is 0.226 e. The van der Waals surface area contributed by atoms with Gasteiger partial charge in [-0.2, -0.15) is 16.7 Å². The molecule has 1 fully saturated rings. The first-order valence-corrected chi connectivity index (χ1v) is 7.08. The fourth-order valence-electron chi connectivity index (χ4n) is 1.90. The third-order valence-electron chi connectivity index (χ3n) is 2.80. The van der Waals surface area contributed by atoms with E-state index in [-0.39, 0.29) is 0 Å². The number of ether oxygens (including phenoxy) is 1. The van der Waals surface area contributed by atoms with E-state index in [2.05, 4.69) is 15.3 Å². The monoisotopic (exact) mass is 253 g/mol. The summed E-state index contributed by atoms with van der Waals surface area (Å²) in [5.41, 5.74) is 0.927. The van der Waals surface area contributed by atoms with E-state index in [1.165, 1.54) is 25.0 Å². The fourth-order valence-corrected chi connectivity index (χ4v) is 3.14. The molecule has 94 valence electrons. The lowest BCUT2D eigenvalue weighted by molar-refractivity contribution is 0.397. The minimum Gasteiger partial charge on any atom is -0.481 e. The largest absolute Gasteiger partial charge is 0.481 e. The van der Waals surface area contributed by atoms with Crippen LogP contribution in [0.2, 0.25) is 0 Å². The molecular formula is C12H19N3OS. The van der Waals surface area contributed by atoms with Crippen molar-refractivity contribution in [3.8, 4) is 5.88 Å². The normalized spacial score (nSPS) is 20.0. The summed E-state index contributed by atoms with van der Waals surface area (Å²) in [6, 6.07) is 1.83. The van der Waals surface area contributed by atoms with Crippen molar-refractivity contribution >= 4 is 17.7 Å². The molecule has 4 nitrogen and oxygen atoms in total. The Hall–Kier alpha value is -0.970. The smallest absolute Gasteiger partial charge is 0.226 e. The number of aryl methyl sites for hydroxylation is 1. The lowest BCUT2D eigenvalue weighted by Crippen LogP contribution is -2.21. The average molecular weight is 253 g/mol. The van der Waals surface area contributed by atoms with Crippen LogP contribution in [0.4, 0.5) is 5.95 Å². The van der Waals surface area contributed by atoms with Gasteiger partial charge in [-0.25, -0.2) is 4.98 Å². The average Bonchev–Trinajstić information content (AvgIpc) is 2.37. The topological polar surface area (TPSA) is 47.0 Å². The number of anilines is 1. The molecular weight excluding hydrogens is 234 g/mol. The fraction of sp³-hybridized carbons (Fsp3) is 0.667. The Bertz CT molecular complexity index is 367. The summed E-state index contributed by atoms with van der Waals surface area (Å²) in [5.74, 6) is 2.58. The number of nitrogens with zero attached hydrogens (tertiary/aromatic N) is 2. The van der Waals surface area contributed by atoms with Crippen molar-refractivity contribution in [1.29, 1.82) is 0 Å². The zero-order valence-electron chi connectivity index (χ0n) is 10.4. The first-order chi connectivity index (χ1) is 8.28. The quantitative estimate of drug-likeness (QED) is 0.893. The maximum absolute atomic E-state index is 5.13. The van der Waals surface area contributed by atoms with E-state index < -0.39 is 0 Å². The Labute approximate surface area is 107 Å². The summed E-state index contributed by atoms with van der Waals surface area (Å²) < 4.78 is 5.13. The molecule has 17 heavy (non-hydrogen) atoms. The SMILES string of the molecule is COc1cc(C)nc(NCC2CCCCS2)n1. The summed E-state index contributed by atoms with van der Waals surface area (Å²) in [7, 11) is 1.63. The van der Waals surface area contributed by atoms with Gasteiger partial charge in [-0.05, 0) is 25.5 Å². The molecule has 2 rings (SSSR count). The zero-order valence-corrected chi connectivity index (χ0v) is 11.2. The van der Waals surface area contributed by atoms with Crippen molar-refractivity contribution in [3.05, 3.63) is 11.8 Å². The van der Waals surface area contributed by atoms with Crippen LogP contribution in [0.3, 0.4) is 0 Å². The third-order valence-corrected chi connectivity index (χ3v) is 4.20. The van der Waals surface area contributed by atoms with Gasteiger partial charge in [0.25, 0.3) is 0 Å². The minimum atomic E-state index is 0.622. The predicted octanol–water partition coefficient (Wildman–Crippen LogP) is 2.49. The molecule has 0 amide bonds. The van der Waals surface area contributed by atoms with Crippen molar-refractivity contribution in [2.75, 3.05) is 24.7 Å². The highest BCUT2D eigenvalue weighted by Gasteiger charge is 2.14. The molecule has 1 saturated heterocycles. The molecule has 2 heterocycles. The molecule has 1 aromatic rings. The number of hydrogen-bond donors (Lipinski definition) is 1. The molecule has 0 saturated carbocycles. The molecule has 1 N–H and O–H groups in total. The summed E-state index contributed by atoms with van der Waals surface area (Å²) >= 11 is 2.05. The van der Waals surface area contributed by atoms with E-state index in [9.17, 15) is 0 Å². The Morgan fingerprint density at radius 2 is 2.35 bits per heavy atom. The van der Waals surface area contributed by atoms with Gasteiger partial charge in [0.1, 0.15) is 0 Å². The van der Waals surface area contributed by atoms with Gasteiger partial charge in [-0.15, -0.1) is 0 Å². The van der Waals surface area contributed by atoms with Gasteiger partial charge in [-0.3, -0.25) is 0 Å². The molecule has 5 heteroatoms. The Balaban J connectivity index is 1.91. The van der Waals surface area contributed by atoms with E-state index in [0.29, 0.717) is 17.1 Å². The number of nitrogens with one attached hydrogen (secondary N) is 1. The zero-order chi connectivity index (χ0) is 12.1. The van der Waals surface area contributed by atoms with Gasteiger partial charge in [0.05, 0.1) is 7.11 Å². The molecule has 0 bridgehead atoms. The van der Waals surface area contributed by atoms with Crippen LogP contribution in [0.15, 0.2) is 6.07 Å². The highest BCUT2D eigenvalue weighted by Crippen LogP contribution is 2.25. The highest BCUT2D eigenvalue weighted by molar-refractivity contribution is 7.99. The van der Waals surface area contributed by atoms with E-state index in [4.69, 9.17) is 4.74 Å². The maximum atomic E-state index is 5.13. The van der Waals surface area contributed by atoms with Crippen LogP contribution in [-0.2, 0) is 0 Å². The predicted molar refractivity (Wildman–Crippen MR) is 71.9 cm³/mol. The number of methoxy groups -OCH3 is 1. The van der Waals surface area contributed by atoms with Crippen LogP contribution >= 0.6 is 11.8 Å². The van der Waals surface area contributed by atoms with Gasteiger partial charge in [0, 0.05) is 23.6 Å². The van der Waals surface area contributed by atoms with E-state index in [0.717, 1.165) is 12.2 Å². The first-order valence-electron chi connectivity index (χ1n) is 6.03. The molecule has 1 atom stereocenters. The lowest BCUT2D eigenvalue weighted by atomic mass is 10.2. The second-order valence-corrected chi connectivity index (χ2v) is 5.65. The first kappa shape index (κ1) is 12.5. The number of rotatable bonds is 4. The lowest BCUT2D eigenvalue weighted by Gasteiger charge is -2.21. The van der Waals surface area contributed by atoms with E-state index in [1.807, 2.05) is 24.8 Å². The van der Waals surface area contributed by atoms with Gasteiger partial charge >= 0.3 is 0 Å². The Morgan fingerprint density at radius 1 is 1.47 bits per heavy atom. The summed E-state index contributed by atoms with van der Waals surface area (Å²) in [5, 5.41) is 4.00. The van der Waals surface area contributed by atoms with Crippen LogP contribution in [-0.4, -0.2) is 34.6 Å². The van der Waals surface area contributed by atoms with Crippen LogP contribution in [0, 0.1) is 6.92 Å². The van der Waals surface area contributed by atoms with Crippen molar-refractivity contribution in [3.63, 3.8) is 0 Å². The summed E-state index contributed by atoms with van der Waals surface area (Å²) in [6.07, 6.45) is 3.99. The molecule has 0 aliphatic carbocycles. The highest BCUT2D eigenvalue weighted by atomic mass is 32.2. The van der Waals surface area contributed by atoms with Gasteiger partial charge in [0.2, 0.25) is 11.8 Å².